The van der Waals surface area contributed by atoms with Crippen LogP contribution in [0.25, 0.3) is 16.7 Å². The second kappa shape index (κ2) is 3.82. The Hall–Kier alpha value is -1.94. The van der Waals surface area contributed by atoms with Crippen molar-refractivity contribution >= 4 is 22.5 Å². The molecule has 0 amide bonds. The van der Waals surface area contributed by atoms with E-state index in [0.717, 1.165) is 10.9 Å². The molecule has 1 aromatic carbocycles. The van der Waals surface area contributed by atoms with Gasteiger partial charge in [-0.15, -0.1) is 0 Å². The number of hydrogen-bond donors (Lipinski definition) is 0. The zero-order valence-electron chi connectivity index (χ0n) is 9.13. The molecule has 0 N–H and O–H groups in total. The van der Waals surface area contributed by atoms with Gasteiger partial charge in [0.15, 0.2) is 5.82 Å². The third-order valence-electron chi connectivity index (χ3n) is 2.49. The van der Waals surface area contributed by atoms with E-state index in [1.165, 1.54) is 0 Å². The van der Waals surface area contributed by atoms with Crippen molar-refractivity contribution in [3.8, 4) is 5.82 Å². The van der Waals surface area contributed by atoms with Gasteiger partial charge in [-0.05, 0) is 13.0 Å². The summed E-state index contributed by atoms with van der Waals surface area (Å²) in [5.41, 5.74) is 1.00. The van der Waals surface area contributed by atoms with Crippen molar-refractivity contribution in [3.63, 3.8) is 0 Å². The summed E-state index contributed by atoms with van der Waals surface area (Å²) in [5, 5.41) is 5.81. The molecule has 5 heteroatoms. The minimum Gasteiger partial charge on any atom is -0.221 e. The van der Waals surface area contributed by atoms with E-state index >= 15 is 0 Å². The fraction of sp³-hybridized carbons (Fsp3) is 0.0833. The van der Waals surface area contributed by atoms with Gasteiger partial charge in [-0.25, -0.2) is 14.6 Å². The normalized spacial score (nSPS) is 10.9. The molecule has 0 saturated heterocycles. The van der Waals surface area contributed by atoms with Gasteiger partial charge >= 0.3 is 0 Å². The molecule has 2 heterocycles. The first-order chi connectivity index (χ1) is 8.24. The topological polar surface area (TPSA) is 43.6 Å². The summed E-state index contributed by atoms with van der Waals surface area (Å²) in [6.45, 7) is 1.81. The highest BCUT2D eigenvalue weighted by molar-refractivity contribution is 6.29. The van der Waals surface area contributed by atoms with E-state index in [4.69, 9.17) is 11.6 Å². The molecule has 0 radical (unpaired) electrons. The van der Waals surface area contributed by atoms with E-state index in [1.54, 1.807) is 23.9 Å². The first-order valence-corrected chi connectivity index (χ1v) is 5.56. The average molecular weight is 245 g/mol. The third-order valence-corrected chi connectivity index (χ3v) is 2.68. The predicted molar refractivity (Wildman–Crippen MR) is 66.4 cm³/mol. The van der Waals surface area contributed by atoms with Crippen LogP contribution in [0.4, 0.5) is 0 Å². The molecule has 17 heavy (non-hydrogen) atoms. The summed E-state index contributed by atoms with van der Waals surface area (Å²) in [5.74, 6) is 1.32. The van der Waals surface area contributed by atoms with Gasteiger partial charge in [0.05, 0.1) is 11.7 Å². The second-order valence-electron chi connectivity index (χ2n) is 3.71. The molecular formula is C12H9ClN4. The number of halogens is 1. The Morgan fingerprint density at radius 3 is 2.82 bits per heavy atom. The minimum atomic E-state index is 0.423. The molecule has 4 nitrogen and oxygen atoms in total. The smallest absolute Gasteiger partial charge is 0.159 e. The Kier molecular flexibility index (Phi) is 2.30. The Bertz CT molecular complexity index is 670. The van der Waals surface area contributed by atoms with E-state index in [1.807, 2.05) is 24.3 Å². The standard InChI is InChI=1S/C12H9ClN4/c1-8-15-11(13)6-12(16-8)17-10-5-3-2-4-9(10)7-14-17/h2-7H,1H3. The highest BCUT2D eigenvalue weighted by atomic mass is 35.5. The van der Waals surface area contributed by atoms with Crippen molar-refractivity contribution in [2.45, 2.75) is 6.92 Å². The number of fused-ring (bicyclic) bond motifs is 1. The van der Waals surface area contributed by atoms with E-state index in [2.05, 4.69) is 15.1 Å². The first kappa shape index (κ1) is 10.2. The Morgan fingerprint density at radius 2 is 2.00 bits per heavy atom. The number of rotatable bonds is 1. The fourth-order valence-corrected chi connectivity index (χ4v) is 2.00. The number of hydrogen-bond acceptors (Lipinski definition) is 3. The largest absolute Gasteiger partial charge is 0.221 e. The molecule has 0 saturated carbocycles. The lowest BCUT2D eigenvalue weighted by Gasteiger charge is -2.03. The van der Waals surface area contributed by atoms with Gasteiger partial charge in [0.1, 0.15) is 11.0 Å². The van der Waals surface area contributed by atoms with Gasteiger partial charge in [-0.3, -0.25) is 0 Å². The number of aryl methyl sites for hydroxylation is 1. The van der Waals surface area contributed by atoms with Crippen LogP contribution in [0.2, 0.25) is 5.15 Å². The fourth-order valence-electron chi connectivity index (χ4n) is 1.78. The molecule has 0 aliphatic carbocycles. The Labute approximate surface area is 103 Å². The zero-order valence-corrected chi connectivity index (χ0v) is 9.89. The molecule has 84 valence electrons. The number of nitrogens with zero attached hydrogens (tertiary/aromatic N) is 4. The predicted octanol–water partition coefficient (Wildman–Crippen LogP) is 2.78. The third kappa shape index (κ3) is 1.76. The van der Waals surface area contributed by atoms with Crippen molar-refractivity contribution in [1.82, 2.24) is 19.7 Å². The van der Waals surface area contributed by atoms with Crippen LogP contribution >= 0.6 is 11.6 Å². The molecule has 3 aromatic rings. The second-order valence-corrected chi connectivity index (χ2v) is 4.10. The van der Waals surface area contributed by atoms with Crippen LogP contribution in [0.3, 0.4) is 0 Å². The lowest BCUT2D eigenvalue weighted by atomic mass is 10.2. The maximum Gasteiger partial charge on any atom is 0.159 e. The summed E-state index contributed by atoms with van der Waals surface area (Å²) in [4.78, 5) is 8.37. The van der Waals surface area contributed by atoms with Gasteiger partial charge < -0.3 is 0 Å². The molecule has 0 aliphatic rings. The van der Waals surface area contributed by atoms with Gasteiger partial charge in [-0.2, -0.15) is 5.10 Å². The molecule has 3 rings (SSSR count). The molecule has 0 atom stereocenters. The molecule has 0 fully saturated rings. The van der Waals surface area contributed by atoms with Crippen LogP contribution in [0, 0.1) is 6.92 Å². The minimum absolute atomic E-state index is 0.423. The summed E-state index contributed by atoms with van der Waals surface area (Å²) in [6, 6.07) is 9.65. The number of benzene rings is 1. The van der Waals surface area contributed by atoms with E-state index in [9.17, 15) is 0 Å². The zero-order chi connectivity index (χ0) is 11.8. The van der Waals surface area contributed by atoms with Crippen LogP contribution in [0.5, 0.6) is 0 Å². The van der Waals surface area contributed by atoms with Crippen LogP contribution in [-0.2, 0) is 0 Å². The summed E-state index contributed by atoms with van der Waals surface area (Å²) >= 11 is 5.93. The average Bonchev–Trinajstić information content (AvgIpc) is 2.71. The summed E-state index contributed by atoms with van der Waals surface area (Å²) in [7, 11) is 0. The molecule has 0 bridgehead atoms. The SMILES string of the molecule is Cc1nc(Cl)cc(-n2ncc3ccccc32)n1. The van der Waals surface area contributed by atoms with Gasteiger partial charge in [-0.1, -0.05) is 29.8 Å². The molecule has 0 spiro atoms. The van der Waals surface area contributed by atoms with Gasteiger partial charge in [0.2, 0.25) is 0 Å². The highest BCUT2D eigenvalue weighted by Crippen LogP contribution is 2.18. The van der Waals surface area contributed by atoms with Crippen molar-refractivity contribution in [1.29, 1.82) is 0 Å². The van der Waals surface area contributed by atoms with Crippen molar-refractivity contribution < 1.29 is 0 Å². The number of aromatic nitrogens is 4. The quantitative estimate of drug-likeness (QED) is 0.618. The van der Waals surface area contributed by atoms with Crippen LogP contribution in [0.1, 0.15) is 5.82 Å². The van der Waals surface area contributed by atoms with Crippen LogP contribution in [0.15, 0.2) is 36.5 Å². The molecule has 0 aliphatic heterocycles. The highest BCUT2D eigenvalue weighted by Gasteiger charge is 2.07. The van der Waals surface area contributed by atoms with E-state index < -0.39 is 0 Å². The van der Waals surface area contributed by atoms with E-state index in [0.29, 0.717) is 16.8 Å². The van der Waals surface area contributed by atoms with Gasteiger partial charge in [0, 0.05) is 11.5 Å². The Balaban J connectivity index is 2.27. The maximum absolute atomic E-state index is 5.93. The lowest BCUT2D eigenvalue weighted by molar-refractivity contribution is 0.852. The monoisotopic (exact) mass is 244 g/mol. The van der Waals surface area contributed by atoms with Gasteiger partial charge in [0.25, 0.3) is 0 Å². The van der Waals surface area contributed by atoms with Crippen molar-refractivity contribution in [2.24, 2.45) is 0 Å². The van der Waals surface area contributed by atoms with Crippen LogP contribution < -0.4 is 0 Å². The molecule has 0 unspecified atom stereocenters. The Morgan fingerprint density at radius 1 is 1.18 bits per heavy atom. The lowest BCUT2D eigenvalue weighted by Crippen LogP contribution is -2.02. The number of para-hydroxylation sites is 1. The summed E-state index contributed by atoms with van der Waals surface area (Å²) < 4.78 is 1.76. The molecule has 2 aromatic heterocycles. The maximum atomic E-state index is 5.93. The van der Waals surface area contributed by atoms with Crippen LogP contribution in [-0.4, -0.2) is 19.7 Å². The van der Waals surface area contributed by atoms with Crippen molar-refractivity contribution in [3.05, 3.63) is 47.5 Å². The van der Waals surface area contributed by atoms with E-state index in [-0.39, 0.29) is 0 Å². The summed E-state index contributed by atoms with van der Waals surface area (Å²) in [6.07, 6.45) is 1.81. The first-order valence-electron chi connectivity index (χ1n) is 5.18. The van der Waals surface area contributed by atoms with Crippen molar-refractivity contribution in [2.75, 3.05) is 0 Å². The molecular weight excluding hydrogens is 236 g/mol.